The van der Waals surface area contributed by atoms with Gasteiger partial charge in [-0.1, -0.05) is 84.9 Å². The van der Waals surface area contributed by atoms with E-state index in [0.29, 0.717) is 5.82 Å². The molecule has 0 N–H and O–H groups in total. The van der Waals surface area contributed by atoms with Gasteiger partial charge in [-0.25, -0.2) is 9.97 Å². The minimum Gasteiger partial charge on any atom is -0.307 e. The number of nitrogens with zero attached hydrogens (tertiary/aromatic N) is 5. The molecular weight excluding hydrogens is 583 g/mol. The zero-order valence-electron chi connectivity index (χ0n) is 24.4. The smallest absolute Gasteiger partial charge is 0.160 e. The van der Waals surface area contributed by atoms with Gasteiger partial charge < -0.3 is 4.57 Å². The number of hydrogen-bond acceptors (Lipinski definition) is 5. The zero-order valence-corrected chi connectivity index (χ0v) is 25.2. The summed E-state index contributed by atoms with van der Waals surface area (Å²) in [5.74, 6) is 0.714. The van der Waals surface area contributed by atoms with Gasteiger partial charge in [0.05, 0.1) is 38.0 Å². The summed E-state index contributed by atoms with van der Waals surface area (Å²) >= 11 is 1.81. The Morgan fingerprint density at radius 2 is 1.26 bits per heavy atom. The third-order valence-electron chi connectivity index (χ3n) is 8.87. The van der Waals surface area contributed by atoms with Crippen LogP contribution in [-0.4, -0.2) is 24.5 Å². The van der Waals surface area contributed by atoms with Crippen molar-refractivity contribution < 1.29 is 0 Å². The van der Waals surface area contributed by atoms with E-state index in [1.807, 2.05) is 48.8 Å². The van der Waals surface area contributed by atoms with Crippen LogP contribution in [-0.2, 0) is 0 Å². The van der Waals surface area contributed by atoms with Crippen molar-refractivity contribution in [3.8, 4) is 28.3 Å². The number of thiophene rings is 1. The van der Waals surface area contributed by atoms with Gasteiger partial charge in [-0.3, -0.25) is 9.97 Å². The molecule has 6 heteroatoms. The van der Waals surface area contributed by atoms with E-state index in [9.17, 15) is 0 Å². The molecule has 46 heavy (non-hydrogen) atoms. The molecule has 5 aromatic carbocycles. The summed E-state index contributed by atoms with van der Waals surface area (Å²) < 4.78 is 4.81. The van der Waals surface area contributed by atoms with E-state index in [4.69, 9.17) is 19.9 Å². The second kappa shape index (κ2) is 9.76. The van der Waals surface area contributed by atoms with Gasteiger partial charge in [0.15, 0.2) is 5.82 Å². The van der Waals surface area contributed by atoms with Crippen LogP contribution in [0.1, 0.15) is 0 Å². The molecule has 0 bridgehead atoms. The lowest BCUT2D eigenvalue weighted by atomic mass is 10.0. The molecule has 10 rings (SSSR count). The van der Waals surface area contributed by atoms with Crippen molar-refractivity contribution in [2.24, 2.45) is 0 Å². The van der Waals surface area contributed by atoms with Gasteiger partial charge in [-0.15, -0.1) is 11.3 Å². The number of fused-ring (bicyclic) bond motifs is 11. The lowest BCUT2D eigenvalue weighted by Gasteiger charge is -2.14. The number of hydrogen-bond donors (Lipinski definition) is 0. The Morgan fingerprint density at radius 3 is 2.11 bits per heavy atom. The van der Waals surface area contributed by atoms with Crippen LogP contribution in [0, 0.1) is 0 Å². The molecule has 0 aliphatic rings. The summed E-state index contributed by atoms with van der Waals surface area (Å²) in [5, 5.41) is 5.66. The maximum Gasteiger partial charge on any atom is 0.160 e. The van der Waals surface area contributed by atoms with E-state index >= 15 is 0 Å². The van der Waals surface area contributed by atoms with E-state index in [0.717, 1.165) is 66.3 Å². The molecule has 5 nitrogen and oxygen atoms in total. The molecule has 214 valence electrons. The van der Waals surface area contributed by atoms with Crippen molar-refractivity contribution >= 4 is 75.3 Å². The van der Waals surface area contributed by atoms with Crippen molar-refractivity contribution in [3.05, 3.63) is 140 Å². The predicted molar refractivity (Wildman–Crippen MR) is 191 cm³/mol. The van der Waals surface area contributed by atoms with Crippen molar-refractivity contribution in [3.63, 3.8) is 0 Å². The lowest BCUT2D eigenvalue weighted by molar-refractivity contribution is 1.18. The molecule has 0 atom stereocenters. The largest absolute Gasteiger partial charge is 0.307 e. The van der Waals surface area contributed by atoms with Crippen LogP contribution >= 0.6 is 11.3 Å². The Morgan fingerprint density at radius 1 is 0.543 bits per heavy atom. The minimum absolute atomic E-state index is 0.714. The van der Waals surface area contributed by atoms with Gasteiger partial charge in [-0.2, -0.15) is 0 Å². The van der Waals surface area contributed by atoms with Gasteiger partial charge >= 0.3 is 0 Å². The van der Waals surface area contributed by atoms with E-state index in [2.05, 4.69) is 95.6 Å². The minimum atomic E-state index is 0.714. The van der Waals surface area contributed by atoms with Crippen LogP contribution in [0.25, 0.3) is 92.2 Å². The third kappa shape index (κ3) is 3.62. The molecule has 5 aromatic heterocycles. The number of aromatic nitrogens is 5. The summed E-state index contributed by atoms with van der Waals surface area (Å²) in [6.07, 6.45) is 3.78. The highest BCUT2D eigenvalue weighted by molar-refractivity contribution is 7.26. The summed E-state index contributed by atoms with van der Waals surface area (Å²) in [7, 11) is 0. The maximum atomic E-state index is 5.17. The molecule has 0 fully saturated rings. The van der Waals surface area contributed by atoms with Gasteiger partial charge in [-0.05, 0) is 42.5 Å². The Balaban J connectivity index is 1.37. The Labute approximate surface area is 267 Å². The molecule has 0 spiro atoms. The van der Waals surface area contributed by atoms with Crippen LogP contribution in [0.15, 0.2) is 140 Å². The average molecular weight is 606 g/mol. The van der Waals surface area contributed by atoms with Crippen molar-refractivity contribution in [1.82, 2.24) is 24.5 Å². The van der Waals surface area contributed by atoms with Crippen LogP contribution in [0.5, 0.6) is 0 Å². The highest BCUT2D eigenvalue weighted by atomic mass is 32.1. The van der Waals surface area contributed by atoms with Crippen LogP contribution in [0.2, 0.25) is 0 Å². The normalized spacial score (nSPS) is 11.9. The molecule has 5 heterocycles. The molecule has 0 aliphatic heterocycles. The molecular formula is C40H23N5S. The Kier molecular flexibility index (Phi) is 5.38. The first-order chi connectivity index (χ1) is 22.8. The molecule has 0 saturated heterocycles. The van der Waals surface area contributed by atoms with Crippen LogP contribution in [0.3, 0.4) is 0 Å². The lowest BCUT2D eigenvalue weighted by Crippen LogP contribution is -1.99. The first-order valence-electron chi connectivity index (χ1n) is 15.2. The molecule has 10 aromatic rings. The topological polar surface area (TPSA) is 56.5 Å². The highest BCUT2D eigenvalue weighted by Gasteiger charge is 2.23. The predicted octanol–water partition coefficient (Wildman–Crippen LogP) is 10.4. The standard InChI is InChI=1S/C40H23N5S/c1-3-11-24(12-4-1)35-29-23-26(19-20-30(29)43-40(44-35)25-13-5-2-6-14-25)45-31-17-10-22-42-37(31)33-28-16-9-21-41-36(28)39-34(38(33)45)27-15-7-8-18-32(27)46-39/h1-23H. The van der Waals surface area contributed by atoms with Crippen molar-refractivity contribution in [2.75, 3.05) is 0 Å². The number of benzene rings is 5. The first kappa shape index (κ1) is 25.4. The third-order valence-corrected chi connectivity index (χ3v) is 10.0. The van der Waals surface area contributed by atoms with Gasteiger partial charge in [0, 0.05) is 60.8 Å². The van der Waals surface area contributed by atoms with Gasteiger partial charge in [0.25, 0.3) is 0 Å². The van der Waals surface area contributed by atoms with E-state index in [1.54, 1.807) is 11.3 Å². The fourth-order valence-corrected chi connectivity index (χ4v) is 8.11. The van der Waals surface area contributed by atoms with E-state index in [1.165, 1.54) is 20.2 Å². The number of rotatable bonds is 3. The molecule has 0 aliphatic carbocycles. The van der Waals surface area contributed by atoms with Crippen molar-refractivity contribution in [1.29, 1.82) is 0 Å². The maximum absolute atomic E-state index is 5.17. The van der Waals surface area contributed by atoms with Gasteiger partial charge in [0.1, 0.15) is 0 Å². The summed E-state index contributed by atoms with van der Waals surface area (Å²) in [6, 6.07) is 44.2. The van der Waals surface area contributed by atoms with E-state index in [-0.39, 0.29) is 0 Å². The molecule has 0 radical (unpaired) electrons. The molecule has 0 amide bonds. The second-order valence-corrected chi connectivity index (χ2v) is 12.5. The Bertz CT molecular complexity index is 2800. The summed E-state index contributed by atoms with van der Waals surface area (Å²) in [6.45, 7) is 0. The number of pyridine rings is 2. The molecule has 0 unspecified atom stereocenters. The zero-order chi connectivity index (χ0) is 30.2. The SMILES string of the molecule is c1ccc(-c2nc(-c3ccccc3)c3cc(-n4c5cccnc5c5c6cccnc6c6sc7ccccc7c6c54)ccc3n2)cc1. The quantitative estimate of drug-likeness (QED) is 0.201. The van der Waals surface area contributed by atoms with E-state index < -0.39 is 0 Å². The Hall–Kier alpha value is -5.98. The van der Waals surface area contributed by atoms with Crippen LogP contribution in [0.4, 0.5) is 0 Å². The fraction of sp³-hybridized carbons (Fsp3) is 0. The van der Waals surface area contributed by atoms with Crippen molar-refractivity contribution in [2.45, 2.75) is 0 Å². The van der Waals surface area contributed by atoms with Crippen LogP contribution < -0.4 is 0 Å². The second-order valence-electron chi connectivity index (χ2n) is 11.5. The van der Waals surface area contributed by atoms with Gasteiger partial charge in [0.2, 0.25) is 0 Å². The highest BCUT2D eigenvalue weighted by Crippen LogP contribution is 2.47. The summed E-state index contributed by atoms with van der Waals surface area (Å²) in [5.41, 5.74) is 9.06. The summed E-state index contributed by atoms with van der Waals surface area (Å²) in [4.78, 5) is 20.1. The first-order valence-corrected chi connectivity index (χ1v) is 16.1. The fourth-order valence-electron chi connectivity index (χ4n) is 6.90. The average Bonchev–Trinajstić information content (AvgIpc) is 3.68. The molecule has 0 saturated carbocycles. The monoisotopic (exact) mass is 605 g/mol.